The van der Waals surface area contributed by atoms with Crippen molar-refractivity contribution in [3.05, 3.63) is 28.2 Å². The molecule has 0 radical (unpaired) electrons. The van der Waals surface area contributed by atoms with E-state index in [4.69, 9.17) is 15.6 Å². The number of hydrogen-bond donors (Lipinski definition) is 2. The van der Waals surface area contributed by atoms with Crippen molar-refractivity contribution in [1.82, 2.24) is 0 Å². The molecule has 0 amide bonds. The van der Waals surface area contributed by atoms with E-state index in [2.05, 4.69) is 15.9 Å². The van der Waals surface area contributed by atoms with Gasteiger partial charge in [-0.3, -0.25) is 0 Å². The number of rotatable bonds is 3. The van der Waals surface area contributed by atoms with Crippen LogP contribution in [-0.4, -0.2) is 18.8 Å². The topological polar surface area (TPSA) is 55.5 Å². The average molecular weight is 260 g/mol. The SMILES string of the molecule is COc1cc(Br)ccc1C(C)(N)CO. The third-order valence-electron chi connectivity index (χ3n) is 2.11. The summed E-state index contributed by atoms with van der Waals surface area (Å²) >= 11 is 3.34. The van der Waals surface area contributed by atoms with Crippen LogP contribution in [0, 0.1) is 0 Å². The zero-order valence-corrected chi connectivity index (χ0v) is 9.84. The highest BCUT2D eigenvalue weighted by atomic mass is 79.9. The van der Waals surface area contributed by atoms with Crippen LogP contribution in [0.4, 0.5) is 0 Å². The van der Waals surface area contributed by atoms with Crippen LogP contribution in [0.25, 0.3) is 0 Å². The average Bonchev–Trinajstić information content (AvgIpc) is 2.17. The number of benzene rings is 1. The largest absolute Gasteiger partial charge is 0.496 e. The highest BCUT2D eigenvalue weighted by Crippen LogP contribution is 2.30. The molecule has 0 fully saturated rings. The van der Waals surface area contributed by atoms with Gasteiger partial charge in [0.15, 0.2) is 0 Å². The van der Waals surface area contributed by atoms with E-state index in [-0.39, 0.29) is 6.61 Å². The Kier molecular flexibility index (Phi) is 3.53. The standard InChI is InChI=1S/C10H14BrNO2/c1-10(12,6-13)8-4-3-7(11)5-9(8)14-2/h3-5,13H,6,12H2,1-2H3. The first-order chi connectivity index (χ1) is 6.51. The van der Waals surface area contributed by atoms with Gasteiger partial charge in [-0.25, -0.2) is 0 Å². The number of aliphatic hydroxyl groups excluding tert-OH is 1. The fourth-order valence-electron chi connectivity index (χ4n) is 1.22. The summed E-state index contributed by atoms with van der Waals surface area (Å²) in [5.41, 5.74) is 5.94. The van der Waals surface area contributed by atoms with Crippen molar-refractivity contribution >= 4 is 15.9 Å². The van der Waals surface area contributed by atoms with Gasteiger partial charge in [-0.2, -0.15) is 0 Å². The Morgan fingerprint density at radius 1 is 1.57 bits per heavy atom. The molecule has 78 valence electrons. The summed E-state index contributed by atoms with van der Waals surface area (Å²) in [6, 6.07) is 5.55. The first kappa shape index (κ1) is 11.5. The fourth-order valence-corrected chi connectivity index (χ4v) is 1.56. The molecule has 0 aromatic heterocycles. The molecule has 0 heterocycles. The molecule has 14 heavy (non-hydrogen) atoms. The minimum absolute atomic E-state index is 0.120. The van der Waals surface area contributed by atoms with Crippen LogP contribution in [-0.2, 0) is 5.54 Å². The molecule has 1 unspecified atom stereocenters. The summed E-state index contributed by atoms with van der Waals surface area (Å²) in [6.07, 6.45) is 0. The first-order valence-electron chi connectivity index (χ1n) is 4.25. The van der Waals surface area contributed by atoms with Crippen molar-refractivity contribution in [3.8, 4) is 5.75 Å². The maximum Gasteiger partial charge on any atom is 0.125 e. The summed E-state index contributed by atoms with van der Waals surface area (Å²) in [5.74, 6) is 0.679. The Labute approximate surface area is 92.0 Å². The maximum absolute atomic E-state index is 9.14. The molecular formula is C10H14BrNO2. The Bertz CT molecular complexity index is 326. The Balaban J connectivity index is 3.20. The Morgan fingerprint density at radius 3 is 2.71 bits per heavy atom. The number of methoxy groups -OCH3 is 1. The van der Waals surface area contributed by atoms with Crippen LogP contribution in [0.2, 0.25) is 0 Å². The summed E-state index contributed by atoms with van der Waals surface area (Å²) in [6.45, 7) is 1.64. The van der Waals surface area contributed by atoms with Gasteiger partial charge in [0.1, 0.15) is 5.75 Å². The minimum Gasteiger partial charge on any atom is -0.496 e. The number of halogens is 1. The fraction of sp³-hybridized carbons (Fsp3) is 0.400. The lowest BCUT2D eigenvalue weighted by atomic mass is 9.93. The van der Waals surface area contributed by atoms with Crippen LogP contribution in [0.5, 0.6) is 5.75 Å². The van der Waals surface area contributed by atoms with E-state index in [9.17, 15) is 0 Å². The minimum atomic E-state index is -0.772. The predicted octanol–water partition coefficient (Wildman–Crippen LogP) is 1.62. The predicted molar refractivity (Wildman–Crippen MR) is 59.3 cm³/mol. The van der Waals surface area contributed by atoms with E-state index in [0.717, 1.165) is 10.0 Å². The lowest BCUT2D eigenvalue weighted by Gasteiger charge is -2.24. The molecule has 1 aromatic carbocycles. The summed E-state index contributed by atoms with van der Waals surface area (Å²) < 4.78 is 6.12. The molecule has 4 heteroatoms. The molecule has 3 nitrogen and oxygen atoms in total. The van der Waals surface area contributed by atoms with Gasteiger partial charge >= 0.3 is 0 Å². The molecule has 1 rings (SSSR count). The van der Waals surface area contributed by atoms with Gasteiger partial charge in [0.25, 0.3) is 0 Å². The third-order valence-corrected chi connectivity index (χ3v) is 2.60. The summed E-state index contributed by atoms with van der Waals surface area (Å²) in [7, 11) is 1.58. The van der Waals surface area contributed by atoms with Gasteiger partial charge in [-0.15, -0.1) is 0 Å². The van der Waals surface area contributed by atoms with Crippen molar-refractivity contribution in [2.75, 3.05) is 13.7 Å². The van der Waals surface area contributed by atoms with Crippen LogP contribution in [0.3, 0.4) is 0 Å². The lowest BCUT2D eigenvalue weighted by Crippen LogP contribution is -2.37. The molecule has 0 bridgehead atoms. The highest BCUT2D eigenvalue weighted by molar-refractivity contribution is 9.10. The molecule has 0 aliphatic carbocycles. The number of hydrogen-bond acceptors (Lipinski definition) is 3. The van der Waals surface area contributed by atoms with Gasteiger partial charge in [0.05, 0.1) is 19.3 Å². The first-order valence-corrected chi connectivity index (χ1v) is 5.04. The normalized spacial score (nSPS) is 14.9. The Hall–Kier alpha value is -0.580. The number of aliphatic hydroxyl groups is 1. The van der Waals surface area contributed by atoms with Crippen LogP contribution in [0.15, 0.2) is 22.7 Å². The van der Waals surface area contributed by atoms with Gasteiger partial charge in [0, 0.05) is 10.0 Å². The molecule has 3 N–H and O–H groups in total. The lowest BCUT2D eigenvalue weighted by molar-refractivity contribution is 0.206. The second kappa shape index (κ2) is 4.29. The van der Waals surface area contributed by atoms with Crippen molar-refractivity contribution in [2.24, 2.45) is 5.73 Å². The van der Waals surface area contributed by atoms with E-state index in [1.54, 1.807) is 14.0 Å². The van der Waals surface area contributed by atoms with E-state index in [0.29, 0.717) is 5.75 Å². The Morgan fingerprint density at radius 2 is 2.21 bits per heavy atom. The quantitative estimate of drug-likeness (QED) is 0.868. The molecule has 0 spiro atoms. The molecule has 0 saturated carbocycles. The van der Waals surface area contributed by atoms with E-state index in [1.165, 1.54) is 0 Å². The zero-order chi connectivity index (χ0) is 10.8. The van der Waals surface area contributed by atoms with Gasteiger partial charge in [0.2, 0.25) is 0 Å². The maximum atomic E-state index is 9.14. The van der Waals surface area contributed by atoms with Crippen LogP contribution in [0.1, 0.15) is 12.5 Å². The van der Waals surface area contributed by atoms with Gasteiger partial charge < -0.3 is 15.6 Å². The summed E-state index contributed by atoms with van der Waals surface area (Å²) in [4.78, 5) is 0. The molecule has 0 aliphatic heterocycles. The van der Waals surface area contributed by atoms with Crippen LogP contribution < -0.4 is 10.5 Å². The second-order valence-electron chi connectivity index (χ2n) is 3.42. The van der Waals surface area contributed by atoms with E-state index in [1.807, 2.05) is 18.2 Å². The van der Waals surface area contributed by atoms with Crippen molar-refractivity contribution in [3.63, 3.8) is 0 Å². The van der Waals surface area contributed by atoms with Gasteiger partial charge in [-0.05, 0) is 19.1 Å². The second-order valence-corrected chi connectivity index (χ2v) is 4.34. The van der Waals surface area contributed by atoms with Crippen molar-refractivity contribution in [1.29, 1.82) is 0 Å². The zero-order valence-electron chi connectivity index (χ0n) is 8.25. The smallest absolute Gasteiger partial charge is 0.125 e. The van der Waals surface area contributed by atoms with E-state index >= 15 is 0 Å². The molecule has 1 aromatic rings. The van der Waals surface area contributed by atoms with Crippen LogP contribution >= 0.6 is 15.9 Å². The number of ether oxygens (including phenoxy) is 1. The number of nitrogens with two attached hydrogens (primary N) is 1. The molecule has 0 saturated heterocycles. The monoisotopic (exact) mass is 259 g/mol. The summed E-state index contributed by atoms with van der Waals surface area (Å²) in [5, 5.41) is 9.14. The highest BCUT2D eigenvalue weighted by Gasteiger charge is 2.23. The van der Waals surface area contributed by atoms with Crippen molar-refractivity contribution in [2.45, 2.75) is 12.5 Å². The van der Waals surface area contributed by atoms with Gasteiger partial charge in [-0.1, -0.05) is 22.0 Å². The molecular weight excluding hydrogens is 246 g/mol. The molecule has 1 atom stereocenters. The van der Waals surface area contributed by atoms with Crippen molar-refractivity contribution < 1.29 is 9.84 Å². The third kappa shape index (κ3) is 2.26. The van der Waals surface area contributed by atoms with E-state index < -0.39 is 5.54 Å². The molecule has 0 aliphatic rings.